The van der Waals surface area contributed by atoms with Gasteiger partial charge in [-0.2, -0.15) is 8.42 Å². The summed E-state index contributed by atoms with van der Waals surface area (Å²) in [5.41, 5.74) is 1.64. The first kappa shape index (κ1) is 29.6. The van der Waals surface area contributed by atoms with Crippen LogP contribution in [0.1, 0.15) is 12.0 Å². The number of carbonyl (C=O) groups excluding carboxylic acids is 1. The number of ether oxygens (including phenoxy) is 1. The number of para-hydroxylation sites is 1. The third-order valence-electron chi connectivity index (χ3n) is 6.66. The number of thioether (sulfide) groups is 1. The fourth-order valence-corrected chi connectivity index (χ4v) is 6.70. The number of aliphatic hydroxyl groups excluding tert-OH is 1. The molecule has 4 aromatic rings. The van der Waals surface area contributed by atoms with Crippen LogP contribution >= 0.6 is 11.8 Å². The van der Waals surface area contributed by atoms with Crippen LogP contribution in [0, 0.1) is 0 Å². The number of methoxy groups -OCH3 is 1. The average molecular weight is 581 g/mol. The molecule has 0 saturated heterocycles. The number of aliphatic hydroxyl groups is 1. The van der Waals surface area contributed by atoms with Crippen LogP contribution in [0.4, 0.5) is 5.69 Å². The minimum Gasteiger partial charge on any atom is -0.497 e. The SMILES string of the molecule is COc1ccc(C2(CCN(C)C)Sc3ccccc3NC(=O)C2O)cc1.O=S(=O)(O)c1cccc2ccccc12. The average Bonchev–Trinajstić information content (AvgIpc) is 3.05. The number of nitrogens with one attached hydrogen (secondary N) is 1. The van der Waals surface area contributed by atoms with Crippen molar-refractivity contribution in [2.24, 2.45) is 0 Å². The van der Waals surface area contributed by atoms with Gasteiger partial charge >= 0.3 is 0 Å². The van der Waals surface area contributed by atoms with Crippen LogP contribution in [-0.4, -0.2) is 62.7 Å². The molecule has 1 heterocycles. The second kappa shape index (κ2) is 12.4. The Morgan fingerprint density at radius 2 is 1.60 bits per heavy atom. The molecule has 210 valence electrons. The monoisotopic (exact) mass is 580 g/mol. The van der Waals surface area contributed by atoms with Gasteiger partial charge in [-0.15, -0.1) is 11.8 Å². The number of amides is 1. The number of hydrogen-bond donors (Lipinski definition) is 3. The summed E-state index contributed by atoms with van der Waals surface area (Å²) in [6.07, 6.45) is -0.548. The lowest BCUT2D eigenvalue weighted by atomic mass is 9.88. The molecule has 1 aliphatic heterocycles. The Kier molecular flexibility index (Phi) is 9.17. The van der Waals surface area contributed by atoms with Gasteiger partial charge < -0.3 is 20.1 Å². The number of hydrogen-bond acceptors (Lipinski definition) is 7. The lowest BCUT2D eigenvalue weighted by molar-refractivity contribution is -0.125. The van der Waals surface area contributed by atoms with E-state index in [0.29, 0.717) is 11.8 Å². The summed E-state index contributed by atoms with van der Waals surface area (Å²) >= 11 is 1.54. The van der Waals surface area contributed by atoms with Gasteiger partial charge in [-0.3, -0.25) is 9.35 Å². The Labute approximate surface area is 238 Å². The van der Waals surface area contributed by atoms with Gasteiger partial charge in [0.15, 0.2) is 6.10 Å². The minimum absolute atomic E-state index is 0.0457. The Morgan fingerprint density at radius 1 is 0.950 bits per heavy atom. The summed E-state index contributed by atoms with van der Waals surface area (Å²) in [5.74, 6) is 0.367. The van der Waals surface area contributed by atoms with Crippen molar-refractivity contribution in [1.82, 2.24) is 4.90 Å². The molecule has 0 bridgehead atoms. The minimum atomic E-state index is -4.13. The molecule has 0 aliphatic carbocycles. The molecular weight excluding hydrogens is 548 g/mol. The smallest absolute Gasteiger partial charge is 0.295 e. The number of benzene rings is 4. The van der Waals surface area contributed by atoms with E-state index in [9.17, 15) is 18.3 Å². The predicted molar refractivity (Wildman–Crippen MR) is 159 cm³/mol. The molecule has 0 radical (unpaired) electrons. The van der Waals surface area contributed by atoms with E-state index in [4.69, 9.17) is 9.29 Å². The topological polar surface area (TPSA) is 116 Å². The molecule has 10 heteroatoms. The molecule has 8 nitrogen and oxygen atoms in total. The van der Waals surface area contributed by atoms with Gasteiger partial charge in [0.1, 0.15) is 10.6 Å². The van der Waals surface area contributed by atoms with E-state index in [0.717, 1.165) is 33.8 Å². The maximum absolute atomic E-state index is 12.7. The van der Waals surface area contributed by atoms with Crippen molar-refractivity contribution in [1.29, 1.82) is 0 Å². The van der Waals surface area contributed by atoms with Crippen LogP contribution in [0.15, 0.2) is 101 Å². The second-order valence-electron chi connectivity index (χ2n) is 9.61. The van der Waals surface area contributed by atoms with Gasteiger partial charge in [-0.1, -0.05) is 60.7 Å². The van der Waals surface area contributed by atoms with Gasteiger partial charge in [0.25, 0.3) is 16.0 Å². The van der Waals surface area contributed by atoms with Crippen LogP contribution in [0.3, 0.4) is 0 Å². The van der Waals surface area contributed by atoms with Gasteiger partial charge in [0, 0.05) is 10.3 Å². The molecule has 40 heavy (non-hydrogen) atoms. The number of rotatable bonds is 6. The quantitative estimate of drug-likeness (QED) is 0.272. The van der Waals surface area contributed by atoms with Crippen LogP contribution in [0.25, 0.3) is 10.8 Å². The predicted octanol–water partition coefficient (Wildman–Crippen LogP) is 5.03. The van der Waals surface area contributed by atoms with E-state index in [1.54, 1.807) is 49.2 Å². The highest BCUT2D eigenvalue weighted by Crippen LogP contribution is 2.51. The van der Waals surface area contributed by atoms with Crippen molar-refractivity contribution in [3.63, 3.8) is 0 Å². The normalized spacial score (nSPS) is 18.8. The van der Waals surface area contributed by atoms with Crippen molar-refractivity contribution in [3.05, 3.63) is 96.6 Å². The molecule has 3 N–H and O–H groups in total. The molecule has 4 aromatic carbocycles. The number of fused-ring (bicyclic) bond motifs is 2. The van der Waals surface area contributed by atoms with Crippen LogP contribution < -0.4 is 10.1 Å². The van der Waals surface area contributed by atoms with E-state index < -0.39 is 21.0 Å². The first-order chi connectivity index (χ1) is 19.0. The standard InChI is InChI=1S/C20H24N2O3S.C10H8O3S/c1-22(2)13-12-20(14-8-10-15(25-3)11-9-14)18(23)19(24)21-16-6-4-5-7-17(16)26-20;11-14(12,13)10-7-3-5-8-4-1-2-6-9(8)10/h4-11,18,23H,12-13H2,1-3H3,(H,21,24);1-7H,(H,11,12,13). The summed E-state index contributed by atoms with van der Waals surface area (Å²) in [5, 5.41) is 15.2. The van der Waals surface area contributed by atoms with Gasteiger partial charge in [-0.25, -0.2) is 0 Å². The Balaban J connectivity index is 0.000000222. The maximum Gasteiger partial charge on any atom is 0.295 e. The summed E-state index contributed by atoms with van der Waals surface area (Å²) in [6, 6.07) is 27.1. The summed E-state index contributed by atoms with van der Waals surface area (Å²) in [7, 11) is 1.47. The molecule has 0 aromatic heterocycles. The molecular formula is C30H32N2O6S2. The van der Waals surface area contributed by atoms with E-state index in [2.05, 4.69) is 10.2 Å². The first-order valence-corrected chi connectivity index (χ1v) is 14.8. The number of nitrogens with zero attached hydrogens (tertiary/aromatic N) is 1. The second-order valence-corrected chi connectivity index (χ2v) is 12.4. The van der Waals surface area contributed by atoms with Crippen molar-refractivity contribution in [2.45, 2.75) is 27.1 Å². The highest BCUT2D eigenvalue weighted by atomic mass is 32.2. The van der Waals surface area contributed by atoms with Crippen LogP contribution in [-0.2, 0) is 19.7 Å². The summed E-state index contributed by atoms with van der Waals surface area (Å²) < 4.78 is 35.4. The highest BCUT2D eigenvalue weighted by molar-refractivity contribution is 8.00. The fourth-order valence-electron chi connectivity index (χ4n) is 4.56. The molecule has 1 amide bonds. The molecule has 5 rings (SSSR count). The fraction of sp³-hybridized carbons (Fsp3) is 0.233. The third kappa shape index (κ3) is 6.48. The first-order valence-electron chi connectivity index (χ1n) is 12.6. The Hall–Kier alpha value is -3.41. The lowest BCUT2D eigenvalue weighted by Crippen LogP contribution is -2.45. The lowest BCUT2D eigenvalue weighted by Gasteiger charge is -2.36. The van der Waals surface area contributed by atoms with Crippen molar-refractivity contribution < 1.29 is 27.6 Å². The zero-order valence-corrected chi connectivity index (χ0v) is 24.1. The molecule has 1 aliphatic rings. The zero-order valence-electron chi connectivity index (χ0n) is 22.4. The third-order valence-corrected chi connectivity index (χ3v) is 9.18. The van der Waals surface area contributed by atoms with Crippen molar-refractivity contribution in [3.8, 4) is 5.75 Å². The van der Waals surface area contributed by atoms with E-state index in [1.807, 2.05) is 68.7 Å². The maximum atomic E-state index is 12.7. The van der Waals surface area contributed by atoms with E-state index in [-0.39, 0.29) is 10.8 Å². The van der Waals surface area contributed by atoms with Gasteiger partial charge in [0.05, 0.1) is 17.5 Å². The number of carbonyl (C=O) groups is 1. The van der Waals surface area contributed by atoms with Crippen molar-refractivity contribution >= 4 is 44.2 Å². The highest BCUT2D eigenvalue weighted by Gasteiger charge is 2.46. The molecule has 0 saturated carbocycles. The zero-order chi connectivity index (χ0) is 28.9. The summed E-state index contributed by atoms with van der Waals surface area (Å²) in [4.78, 5) is 15.7. The molecule has 2 unspecified atom stereocenters. The van der Waals surface area contributed by atoms with Crippen LogP contribution in [0.2, 0.25) is 0 Å². The van der Waals surface area contributed by atoms with E-state index in [1.165, 1.54) is 6.07 Å². The molecule has 2 atom stereocenters. The Bertz CT molecular complexity index is 1590. The van der Waals surface area contributed by atoms with Gasteiger partial charge in [0.2, 0.25) is 0 Å². The van der Waals surface area contributed by atoms with E-state index >= 15 is 0 Å². The molecule has 0 fully saturated rings. The largest absolute Gasteiger partial charge is 0.497 e. The molecule has 0 spiro atoms. The number of anilines is 1. The Morgan fingerprint density at radius 3 is 2.27 bits per heavy atom. The van der Waals surface area contributed by atoms with Crippen molar-refractivity contribution in [2.75, 3.05) is 33.1 Å². The van der Waals surface area contributed by atoms with Gasteiger partial charge in [-0.05, 0) is 68.3 Å². The summed E-state index contributed by atoms with van der Waals surface area (Å²) in [6.45, 7) is 0.742. The van der Waals surface area contributed by atoms with Crippen LogP contribution in [0.5, 0.6) is 5.75 Å².